The lowest BCUT2D eigenvalue weighted by atomic mass is 10.2. The Hall–Kier alpha value is -1.68. The highest BCUT2D eigenvalue weighted by molar-refractivity contribution is 14.0. The Morgan fingerprint density at radius 2 is 2.08 bits per heavy atom. The minimum absolute atomic E-state index is 0. The first kappa shape index (κ1) is 22.4. The molecule has 0 unspecified atom stereocenters. The molecule has 0 spiro atoms. The molecule has 5 nitrogen and oxygen atoms in total. The lowest BCUT2D eigenvalue weighted by Crippen LogP contribution is -2.38. The van der Waals surface area contributed by atoms with Crippen molar-refractivity contribution in [3.63, 3.8) is 0 Å². The van der Waals surface area contributed by atoms with Gasteiger partial charge in [0.2, 0.25) is 0 Å². The van der Waals surface area contributed by atoms with E-state index < -0.39 is 6.61 Å². The maximum Gasteiger partial charge on any atom is 0.387 e. The summed E-state index contributed by atoms with van der Waals surface area (Å²) in [4.78, 5) is 8.34. The molecule has 0 aliphatic heterocycles. The zero-order valence-corrected chi connectivity index (χ0v) is 17.2. The molecule has 1 heterocycles. The van der Waals surface area contributed by atoms with E-state index in [0.717, 1.165) is 12.1 Å². The lowest BCUT2D eigenvalue weighted by molar-refractivity contribution is -0.0504. The predicted octanol–water partition coefficient (Wildman–Crippen LogP) is 3.86. The highest BCUT2D eigenvalue weighted by Gasteiger charge is 2.11. The van der Waals surface area contributed by atoms with E-state index in [1.165, 1.54) is 12.1 Å². The van der Waals surface area contributed by atoms with Crippen LogP contribution in [0.2, 0.25) is 5.02 Å². The average Bonchev–Trinajstić information content (AvgIpc) is 2.60. The fourth-order valence-corrected chi connectivity index (χ4v) is 2.35. The van der Waals surface area contributed by atoms with Gasteiger partial charge in [0.1, 0.15) is 5.75 Å². The number of rotatable bonds is 7. The summed E-state index contributed by atoms with van der Waals surface area (Å²) in [5.41, 5.74) is 1.48. The molecule has 9 heteroatoms. The molecule has 0 aliphatic carbocycles. The van der Waals surface area contributed by atoms with Crippen molar-refractivity contribution >= 4 is 41.5 Å². The van der Waals surface area contributed by atoms with Crippen LogP contribution >= 0.6 is 35.6 Å². The van der Waals surface area contributed by atoms with Crippen molar-refractivity contribution in [2.24, 2.45) is 4.99 Å². The summed E-state index contributed by atoms with van der Waals surface area (Å²) in [7, 11) is 1.63. The molecule has 142 valence electrons. The Kier molecular flexibility index (Phi) is 10.2. The molecule has 0 saturated carbocycles. The molecule has 1 aromatic heterocycles. The quantitative estimate of drug-likeness (QED) is 0.347. The number of hydrogen-bond acceptors (Lipinski definition) is 3. The van der Waals surface area contributed by atoms with Gasteiger partial charge < -0.3 is 15.4 Å². The van der Waals surface area contributed by atoms with Crippen LogP contribution in [0.1, 0.15) is 11.3 Å². The summed E-state index contributed by atoms with van der Waals surface area (Å²) in [6.45, 7) is -2.02. The van der Waals surface area contributed by atoms with E-state index in [4.69, 9.17) is 11.6 Å². The number of ether oxygens (including phenoxy) is 1. The van der Waals surface area contributed by atoms with Crippen molar-refractivity contribution in [2.45, 2.75) is 19.6 Å². The first-order chi connectivity index (χ1) is 12.1. The zero-order chi connectivity index (χ0) is 18.1. The van der Waals surface area contributed by atoms with Gasteiger partial charge in [-0.3, -0.25) is 9.98 Å². The van der Waals surface area contributed by atoms with Gasteiger partial charge in [0, 0.05) is 49.0 Å². The Bertz CT molecular complexity index is 704. The summed E-state index contributed by atoms with van der Waals surface area (Å²) in [6.07, 6.45) is 2.48. The zero-order valence-electron chi connectivity index (χ0n) is 14.1. The van der Waals surface area contributed by atoms with Gasteiger partial charge in [0.15, 0.2) is 5.96 Å². The summed E-state index contributed by atoms with van der Waals surface area (Å²) in [5, 5.41) is 6.63. The van der Waals surface area contributed by atoms with E-state index >= 15 is 0 Å². The fourth-order valence-electron chi connectivity index (χ4n) is 2.15. The van der Waals surface area contributed by atoms with E-state index in [-0.39, 0.29) is 36.3 Å². The van der Waals surface area contributed by atoms with Crippen LogP contribution in [0.4, 0.5) is 8.78 Å². The number of aliphatic imine (C=N–C) groups is 1. The van der Waals surface area contributed by atoms with Crippen LogP contribution in [0.3, 0.4) is 0 Å². The molecule has 1 aromatic carbocycles. The number of benzene rings is 1. The number of nitrogens with one attached hydrogen (secondary N) is 2. The molecular formula is C17H20ClF2IN4O. The maximum absolute atomic E-state index is 12.5. The van der Waals surface area contributed by atoms with Crippen molar-refractivity contribution in [3.8, 4) is 5.75 Å². The van der Waals surface area contributed by atoms with Gasteiger partial charge in [-0.05, 0) is 30.3 Å². The van der Waals surface area contributed by atoms with Crippen LogP contribution < -0.4 is 15.4 Å². The average molecular weight is 497 g/mol. The first-order valence-corrected chi connectivity index (χ1v) is 8.04. The summed E-state index contributed by atoms with van der Waals surface area (Å²) in [5.74, 6) is 0.620. The van der Waals surface area contributed by atoms with Crippen LogP contribution in [0.25, 0.3) is 0 Å². The third-order valence-corrected chi connectivity index (χ3v) is 3.54. The van der Waals surface area contributed by atoms with Gasteiger partial charge in [-0.15, -0.1) is 24.0 Å². The Balaban J connectivity index is 0.00000338. The number of pyridine rings is 1. The largest absolute Gasteiger partial charge is 0.434 e. The Morgan fingerprint density at radius 3 is 2.73 bits per heavy atom. The van der Waals surface area contributed by atoms with Gasteiger partial charge >= 0.3 is 6.61 Å². The normalized spacial score (nSPS) is 11.0. The van der Waals surface area contributed by atoms with Gasteiger partial charge in [-0.2, -0.15) is 8.78 Å². The molecule has 2 N–H and O–H groups in total. The fraction of sp³-hybridized carbons (Fsp3) is 0.294. The standard InChI is InChI=1S/C17H19ClF2N4O.HI/c1-21-17(23-9-7-14-4-2-3-8-22-14)24-11-12-10-13(18)5-6-15(12)25-16(19)20;/h2-6,8,10,16H,7,9,11H2,1H3,(H2,21,23,24);1H. The number of hydrogen-bond donors (Lipinski definition) is 2. The van der Waals surface area contributed by atoms with Gasteiger partial charge in [0.25, 0.3) is 0 Å². The Morgan fingerprint density at radius 1 is 1.27 bits per heavy atom. The molecule has 0 bridgehead atoms. The van der Waals surface area contributed by atoms with Crippen molar-refractivity contribution in [1.29, 1.82) is 0 Å². The number of guanidine groups is 1. The lowest BCUT2D eigenvalue weighted by Gasteiger charge is -2.15. The minimum Gasteiger partial charge on any atom is -0.434 e. The topological polar surface area (TPSA) is 58.5 Å². The van der Waals surface area contributed by atoms with E-state index in [1.54, 1.807) is 19.3 Å². The highest BCUT2D eigenvalue weighted by atomic mass is 127. The molecule has 0 amide bonds. The van der Waals surface area contributed by atoms with E-state index in [2.05, 4.69) is 25.3 Å². The molecule has 2 aromatic rings. The van der Waals surface area contributed by atoms with Crippen LogP contribution in [0.15, 0.2) is 47.6 Å². The van der Waals surface area contributed by atoms with Crippen molar-refractivity contribution in [3.05, 3.63) is 58.9 Å². The van der Waals surface area contributed by atoms with E-state index in [1.807, 2.05) is 18.2 Å². The summed E-state index contributed by atoms with van der Waals surface area (Å²) >= 11 is 5.93. The van der Waals surface area contributed by atoms with Crippen LogP contribution in [-0.4, -0.2) is 31.1 Å². The van der Waals surface area contributed by atoms with Crippen molar-refractivity contribution < 1.29 is 13.5 Å². The highest BCUT2D eigenvalue weighted by Crippen LogP contribution is 2.24. The third-order valence-electron chi connectivity index (χ3n) is 3.31. The molecular weight excluding hydrogens is 477 g/mol. The van der Waals surface area contributed by atoms with Gasteiger partial charge in [0.05, 0.1) is 0 Å². The smallest absolute Gasteiger partial charge is 0.387 e. The van der Waals surface area contributed by atoms with E-state index in [0.29, 0.717) is 23.1 Å². The van der Waals surface area contributed by atoms with Crippen LogP contribution in [0.5, 0.6) is 5.75 Å². The number of nitrogens with zero attached hydrogens (tertiary/aromatic N) is 2. The van der Waals surface area contributed by atoms with Crippen LogP contribution in [0, 0.1) is 0 Å². The van der Waals surface area contributed by atoms with Crippen molar-refractivity contribution in [1.82, 2.24) is 15.6 Å². The minimum atomic E-state index is -2.89. The molecule has 0 saturated heterocycles. The maximum atomic E-state index is 12.5. The monoisotopic (exact) mass is 496 g/mol. The SMILES string of the molecule is CN=C(NCCc1ccccn1)NCc1cc(Cl)ccc1OC(F)F.I. The van der Waals surface area contributed by atoms with E-state index in [9.17, 15) is 8.78 Å². The molecule has 0 aliphatic rings. The molecule has 0 radical (unpaired) electrons. The third kappa shape index (κ3) is 7.69. The molecule has 2 rings (SSSR count). The molecule has 0 fully saturated rings. The number of aromatic nitrogens is 1. The van der Waals surface area contributed by atoms with Gasteiger partial charge in [-0.1, -0.05) is 17.7 Å². The summed E-state index contributed by atoms with van der Waals surface area (Å²) in [6, 6.07) is 10.2. The second kappa shape index (κ2) is 11.8. The first-order valence-electron chi connectivity index (χ1n) is 7.66. The number of alkyl halides is 2. The summed E-state index contributed by atoms with van der Waals surface area (Å²) < 4.78 is 29.5. The molecule has 0 atom stereocenters. The van der Waals surface area contributed by atoms with Crippen molar-refractivity contribution in [2.75, 3.05) is 13.6 Å². The molecule has 26 heavy (non-hydrogen) atoms. The number of halogens is 4. The van der Waals surface area contributed by atoms with Crippen LogP contribution in [-0.2, 0) is 13.0 Å². The second-order valence-corrected chi connectivity index (χ2v) is 5.49. The van der Waals surface area contributed by atoms with Gasteiger partial charge in [-0.25, -0.2) is 0 Å². The predicted molar refractivity (Wildman–Crippen MR) is 110 cm³/mol. The Labute approximate surface area is 173 Å². The second-order valence-electron chi connectivity index (χ2n) is 5.05.